The molecule has 2 aromatic rings. The van der Waals surface area contributed by atoms with Gasteiger partial charge in [-0.25, -0.2) is 13.6 Å². The van der Waals surface area contributed by atoms with E-state index in [1.807, 2.05) is 0 Å². The van der Waals surface area contributed by atoms with E-state index >= 15 is 0 Å². The Hall–Kier alpha value is -3.02. The van der Waals surface area contributed by atoms with Crippen molar-refractivity contribution in [1.82, 2.24) is 10.6 Å². The Kier molecular flexibility index (Phi) is 4.12. The first-order valence-electron chi connectivity index (χ1n) is 7.31. The molecular formula is C18H14F2N2O2. The average Bonchev–Trinajstić information content (AvgIpc) is 2.54. The minimum absolute atomic E-state index is 0.102. The molecule has 1 aliphatic rings. The first kappa shape index (κ1) is 15.9. The molecule has 4 nitrogen and oxygen atoms in total. The van der Waals surface area contributed by atoms with Crippen LogP contribution in [-0.4, -0.2) is 11.8 Å². The molecule has 2 amide bonds. The number of hydrogen-bond donors (Lipinski definition) is 2. The Bertz CT molecular complexity index is 827. The van der Waals surface area contributed by atoms with Gasteiger partial charge in [-0.3, -0.25) is 4.79 Å². The van der Waals surface area contributed by atoms with E-state index in [4.69, 9.17) is 0 Å². The van der Waals surface area contributed by atoms with Crippen molar-refractivity contribution < 1.29 is 18.4 Å². The van der Waals surface area contributed by atoms with Crippen LogP contribution < -0.4 is 10.6 Å². The van der Waals surface area contributed by atoms with Gasteiger partial charge in [0, 0.05) is 16.8 Å². The van der Waals surface area contributed by atoms with E-state index in [-0.39, 0.29) is 16.8 Å². The highest BCUT2D eigenvalue weighted by molar-refractivity contribution is 6.11. The molecule has 0 radical (unpaired) electrons. The van der Waals surface area contributed by atoms with Crippen LogP contribution in [0.25, 0.3) is 0 Å². The molecule has 1 aliphatic heterocycles. The van der Waals surface area contributed by atoms with Gasteiger partial charge >= 0.3 is 6.03 Å². The van der Waals surface area contributed by atoms with Crippen molar-refractivity contribution in [3.63, 3.8) is 0 Å². The van der Waals surface area contributed by atoms with Gasteiger partial charge in [-0.2, -0.15) is 0 Å². The van der Waals surface area contributed by atoms with Gasteiger partial charge in [0.05, 0.1) is 11.6 Å². The third-order valence-electron chi connectivity index (χ3n) is 3.84. The molecule has 0 saturated heterocycles. The Balaban J connectivity index is 2.15. The number of benzene rings is 2. The standard InChI is InChI=1S/C18H14F2N2O2/c1-10-14(17(23)11-6-3-2-4-7-11)16(22-18(24)21-10)15-12(19)8-5-9-13(15)20/h2-9,16H,1H3,(H2,21,22,24)/t16-/m0/s1. The van der Waals surface area contributed by atoms with Gasteiger partial charge in [0.2, 0.25) is 0 Å². The van der Waals surface area contributed by atoms with E-state index < -0.39 is 29.5 Å². The van der Waals surface area contributed by atoms with E-state index in [1.54, 1.807) is 30.3 Å². The van der Waals surface area contributed by atoms with E-state index in [2.05, 4.69) is 10.6 Å². The van der Waals surface area contributed by atoms with Gasteiger partial charge in [-0.1, -0.05) is 36.4 Å². The minimum Gasteiger partial charge on any atom is -0.327 e. The fourth-order valence-corrected chi connectivity index (χ4v) is 2.74. The molecule has 3 rings (SSSR count). The lowest BCUT2D eigenvalue weighted by Crippen LogP contribution is -2.45. The molecule has 2 aromatic carbocycles. The lowest BCUT2D eigenvalue weighted by Gasteiger charge is -2.29. The van der Waals surface area contributed by atoms with Crippen molar-refractivity contribution in [1.29, 1.82) is 0 Å². The molecule has 1 heterocycles. The zero-order valence-corrected chi connectivity index (χ0v) is 12.8. The zero-order valence-electron chi connectivity index (χ0n) is 12.8. The quantitative estimate of drug-likeness (QED) is 0.848. The van der Waals surface area contributed by atoms with Crippen LogP contribution >= 0.6 is 0 Å². The smallest absolute Gasteiger partial charge is 0.319 e. The van der Waals surface area contributed by atoms with Crippen molar-refractivity contribution in [2.75, 3.05) is 0 Å². The Morgan fingerprint density at radius 2 is 1.62 bits per heavy atom. The first-order valence-corrected chi connectivity index (χ1v) is 7.31. The maximum Gasteiger partial charge on any atom is 0.319 e. The summed E-state index contributed by atoms with van der Waals surface area (Å²) in [7, 11) is 0. The molecule has 0 saturated carbocycles. The van der Waals surface area contributed by atoms with Gasteiger partial charge in [-0.15, -0.1) is 0 Å². The van der Waals surface area contributed by atoms with Gasteiger partial charge in [0.15, 0.2) is 5.78 Å². The number of allylic oxidation sites excluding steroid dienone is 1. The molecule has 0 aliphatic carbocycles. The topological polar surface area (TPSA) is 58.2 Å². The molecule has 0 fully saturated rings. The van der Waals surface area contributed by atoms with Crippen LogP contribution in [0.4, 0.5) is 13.6 Å². The summed E-state index contributed by atoms with van der Waals surface area (Å²) >= 11 is 0. The van der Waals surface area contributed by atoms with Crippen LogP contribution in [0.1, 0.15) is 28.9 Å². The highest BCUT2D eigenvalue weighted by atomic mass is 19.1. The average molecular weight is 328 g/mol. The van der Waals surface area contributed by atoms with Crippen LogP contribution in [0.2, 0.25) is 0 Å². The lowest BCUT2D eigenvalue weighted by molar-refractivity contribution is 0.102. The van der Waals surface area contributed by atoms with Gasteiger partial charge < -0.3 is 10.6 Å². The molecule has 2 N–H and O–H groups in total. The predicted molar refractivity (Wildman–Crippen MR) is 84.2 cm³/mol. The summed E-state index contributed by atoms with van der Waals surface area (Å²) in [6.45, 7) is 1.53. The fourth-order valence-electron chi connectivity index (χ4n) is 2.74. The van der Waals surface area contributed by atoms with E-state index in [9.17, 15) is 18.4 Å². The van der Waals surface area contributed by atoms with Crippen molar-refractivity contribution >= 4 is 11.8 Å². The van der Waals surface area contributed by atoms with Crippen molar-refractivity contribution in [2.45, 2.75) is 13.0 Å². The number of ketones is 1. The van der Waals surface area contributed by atoms with Crippen LogP contribution in [-0.2, 0) is 0 Å². The first-order chi connectivity index (χ1) is 11.5. The van der Waals surface area contributed by atoms with Crippen molar-refractivity contribution in [3.05, 3.63) is 82.6 Å². The number of hydrogen-bond acceptors (Lipinski definition) is 2. The number of carbonyl (C=O) groups excluding carboxylic acids is 2. The summed E-state index contributed by atoms with van der Waals surface area (Å²) in [5, 5.41) is 4.92. The van der Waals surface area contributed by atoms with Crippen molar-refractivity contribution in [2.24, 2.45) is 0 Å². The third-order valence-corrected chi connectivity index (χ3v) is 3.84. The second kappa shape index (κ2) is 6.23. The number of amides is 2. The SMILES string of the molecule is CC1=C(C(=O)c2ccccc2)[C@@H](c2c(F)cccc2F)NC(=O)N1. The van der Waals surface area contributed by atoms with E-state index in [1.165, 1.54) is 13.0 Å². The summed E-state index contributed by atoms with van der Waals surface area (Å²) in [6, 6.07) is 9.94. The second-order valence-electron chi connectivity index (χ2n) is 5.40. The summed E-state index contributed by atoms with van der Waals surface area (Å²) < 4.78 is 28.4. The number of urea groups is 1. The third kappa shape index (κ3) is 2.78. The predicted octanol–water partition coefficient (Wildman–Crippen LogP) is 3.48. The number of carbonyl (C=O) groups is 2. The number of halogens is 2. The summed E-state index contributed by atoms with van der Waals surface area (Å²) in [5.74, 6) is -2.06. The van der Waals surface area contributed by atoms with E-state index in [0.29, 0.717) is 5.56 Å². The molecule has 0 aromatic heterocycles. The van der Waals surface area contributed by atoms with Crippen LogP contribution in [0.15, 0.2) is 59.8 Å². The van der Waals surface area contributed by atoms with E-state index in [0.717, 1.165) is 12.1 Å². The van der Waals surface area contributed by atoms with Crippen molar-refractivity contribution in [3.8, 4) is 0 Å². The molecule has 0 unspecified atom stereocenters. The van der Waals surface area contributed by atoms with Crippen LogP contribution in [0, 0.1) is 11.6 Å². The number of nitrogens with one attached hydrogen (secondary N) is 2. The van der Waals surface area contributed by atoms with Gasteiger partial charge in [0.25, 0.3) is 0 Å². The molecule has 0 bridgehead atoms. The molecular weight excluding hydrogens is 314 g/mol. The minimum atomic E-state index is -1.20. The fraction of sp³-hybridized carbons (Fsp3) is 0.111. The Morgan fingerprint density at radius 3 is 2.25 bits per heavy atom. The summed E-state index contributed by atoms with van der Waals surface area (Å²) in [4.78, 5) is 24.6. The highest BCUT2D eigenvalue weighted by Crippen LogP contribution is 2.32. The molecule has 122 valence electrons. The Morgan fingerprint density at radius 1 is 1.00 bits per heavy atom. The lowest BCUT2D eigenvalue weighted by atomic mass is 9.89. The number of rotatable bonds is 3. The maximum atomic E-state index is 14.2. The highest BCUT2D eigenvalue weighted by Gasteiger charge is 2.34. The Labute approximate surface area is 137 Å². The number of Topliss-reactive ketones (excluding diaryl/α,β-unsaturated/α-hetero) is 1. The molecule has 1 atom stereocenters. The van der Waals surface area contributed by atoms with Gasteiger partial charge in [0.1, 0.15) is 11.6 Å². The van der Waals surface area contributed by atoms with Gasteiger partial charge in [-0.05, 0) is 19.1 Å². The maximum absolute atomic E-state index is 14.2. The monoisotopic (exact) mass is 328 g/mol. The van der Waals surface area contributed by atoms with Crippen LogP contribution in [0.5, 0.6) is 0 Å². The zero-order chi connectivity index (χ0) is 17.3. The van der Waals surface area contributed by atoms with Crippen LogP contribution in [0.3, 0.4) is 0 Å². The summed E-state index contributed by atoms with van der Waals surface area (Å²) in [5.41, 5.74) is 0.377. The molecule has 24 heavy (non-hydrogen) atoms. The molecule has 6 heteroatoms. The second-order valence-corrected chi connectivity index (χ2v) is 5.40. The normalized spacial score (nSPS) is 17.3. The summed E-state index contributed by atoms with van der Waals surface area (Å²) in [6.07, 6.45) is 0. The molecule has 0 spiro atoms. The largest absolute Gasteiger partial charge is 0.327 e.